The van der Waals surface area contributed by atoms with Crippen LogP contribution in [0.1, 0.15) is 28.7 Å². The molecule has 1 atom stereocenters. The quantitative estimate of drug-likeness (QED) is 0.820. The number of rotatable bonds is 2. The second-order valence-electron chi connectivity index (χ2n) is 5.20. The van der Waals surface area contributed by atoms with E-state index < -0.39 is 18.0 Å². The Balaban J connectivity index is 2.33. The Morgan fingerprint density at radius 1 is 1.57 bits per heavy atom. The number of aliphatic hydroxyl groups excluding tert-OH is 1. The van der Waals surface area contributed by atoms with Gasteiger partial charge in [0.15, 0.2) is 5.76 Å². The van der Waals surface area contributed by atoms with Gasteiger partial charge in [0.1, 0.15) is 24.0 Å². The van der Waals surface area contributed by atoms with Crippen LogP contribution in [0, 0.1) is 18.3 Å². The molecule has 8 nitrogen and oxygen atoms in total. The van der Waals surface area contributed by atoms with Crippen LogP contribution in [0.5, 0.6) is 5.75 Å². The number of fused-ring (bicyclic) bond motifs is 1. The van der Waals surface area contributed by atoms with Crippen molar-refractivity contribution in [2.45, 2.75) is 19.4 Å². The van der Waals surface area contributed by atoms with Crippen molar-refractivity contribution in [3.8, 4) is 11.8 Å². The SMILES string of the molecule is Cc1nn(C)cc1[C@@H]1C(C#N)=C(N)Oc2c1oc(CO)cc2=O. The minimum Gasteiger partial charge on any atom is -0.458 e. The molecular formula is C15H14N4O4. The number of allylic oxidation sites excluding steroid dienone is 1. The summed E-state index contributed by atoms with van der Waals surface area (Å²) in [7, 11) is 1.75. The molecule has 0 saturated carbocycles. The van der Waals surface area contributed by atoms with Gasteiger partial charge >= 0.3 is 0 Å². The molecule has 0 unspecified atom stereocenters. The van der Waals surface area contributed by atoms with Crippen LogP contribution in [0.2, 0.25) is 0 Å². The van der Waals surface area contributed by atoms with E-state index in [0.717, 1.165) is 6.07 Å². The van der Waals surface area contributed by atoms with Gasteiger partial charge in [0.25, 0.3) is 0 Å². The first kappa shape index (κ1) is 14.9. The predicted octanol–water partition coefficient (Wildman–Crippen LogP) is 0.392. The minimum atomic E-state index is -0.711. The third kappa shape index (κ3) is 2.27. The van der Waals surface area contributed by atoms with Gasteiger partial charge in [0.05, 0.1) is 11.6 Å². The van der Waals surface area contributed by atoms with Gasteiger partial charge in [-0.05, 0) is 6.92 Å². The van der Waals surface area contributed by atoms with Gasteiger partial charge < -0.3 is 20.0 Å². The van der Waals surface area contributed by atoms with Crippen LogP contribution in [0.4, 0.5) is 0 Å². The van der Waals surface area contributed by atoms with Crippen molar-refractivity contribution in [3.63, 3.8) is 0 Å². The summed E-state index contributed by atoms with van der Waals surface area (Å²) in [6, 6.07) is 3.14. The van der Waals surface area contributed by atoms with E-state index in [1.54, 1.807) is 24.9 Å². The van der Waals surface area contributed by atoms with Gasteiger partial charge in [0, 0.05) is 24.9 Å². The van der Waals surface area contributed by atoms with Crippen LogP contribution in [0.3, 0.4) is 0 Å². The van der Waals surface area contributed by atoms with Gasteiger partial charge in [-0.3, -0.25) is 9.48 Å². The maximum atomic E-state index is 12.2. The van der Waals surface area contributed by atoms with Crippen molar-refractivity contribution in [3.05, 3.63) is 56.7 Å². The molecule has 2 aromatic heterocycles. The summed E-state index contributed by atoms with van der Waals surface area (Å²) < 4.78 is 12.5. The molecule has 0 spiro atoms. The highest BCUT2D eigenvalue weighted by molar-refractivity contribution is 5.52. The molecule has 1 aliphatic heterocycles. The monoisotopic (exact) mass is 314 g/mol. The average molecular weight is 314 g/mol. The molecule has 3 rings (SSSR count). The first-order valence-corrected chi connectivity index (χ1v) is 6.81. The zero-order valence-electron chi connectivity index (χ0n) is 12.5. The van der Waals surface area contributed by atoms with Crippen molar-refractivity contribution < 1.29 is 14.3 Å². The highest BCUT2D eigenvalue weighted by atomic mass is 16.5. The van der Waals surface area contributed by atoms with E-state index >= 15 is 0 Å². The lowest BCUT2D eigenvalue weighted by Crippen LogP contribution is -2.25. The van der Waals surface area contributed by atoms with Crippen LogP contribution >= 0.6 is 0 Å². The topological polar surface area (TPSA) is 127 Å². The lowest BCUT2D eigenvalue weighted by Gasteiger charge is -2.24. The molecule has 118 valence electrons. The van der Waals surface area contributed by atoms with Crippen molar-refractivity contribution in [2.75, 3.05) is 0 Å². The third-order valence-electron chi connectivity index (χ3n) is 3.65. The Kier molecular flexibility index (Phi) is 3.42. The summed E-state index contributed by atoms with van der Waals surface area (Å²) in [4.78, 5) is 12.2. The molecule has 0 aromatic carbocycles. The number of nitrogens with two attached hydrogens (primary N) is 1. The molecule has 0 aliphatic carbocycles. The molecule has 0 radical (unpaired) electrons. The van der Waals surface area contributed by atoms with Crippen LogP contribution < -0.4 is 15.9 Å². The molecule has 1 aliphatic rings. The van der Waals surface area contributed by atoms with E-state index in [1.807, 2.05) is 6.07 Å². The Labute approximate surface area is 131 Å². The minimum absolute atomic E-state index is 0.0769. The largest absolute Gasteiger partial charge is 0.458 e. The number of nitrogens with zero attached hydrogens (tertiary/aromatic N) is 3. The van der Waals surface area contributed by atoms with E-state index in [1.165, 1.54) is 0 Å². The average Bonchev–Trinajstić information content (AvgIpc) is 2.84. The fraction of sp³-hybridized carbons (Fsp3) is 0.267. The summed E-state index contributed by atoms with van der Waals surface area (Å²) >= 11 is 0. The molecule has 2 aromatic rings. The van der Waals surface area contributed by atoms with E-state index in [-0.39, 0.29) is 28.7 Å². The Morgan fingerprint density at radius 2 is 2.30 bits per heavy atom. The zero-order chi connectivity index (χ0) is 16.7. The molecular weight excluding hydrogens is 300 g/mol. The molecule has 23 heavy (non-hydrogen) atoms. The van der Waals surface area contributed by atoms with Gasteiger partial charge in [-0.25, -0.2) is 0 Å². The summed E-state index contributed by atoms with van der Waals surface area (Å²) in [5.41, 5.74) is 6.81. The second kappa shape index (κ2) is 5.30. The smallest absolute Gasteiger partial charge is 0.228 e. The first-order valence-electron chi connectivity index (χ1n) is 6.81. The zero-order valence-corrected chi connectivity index (χ0v) is 12.5. The highest BCUT2D eigenvalue weighted by Gasteiger charge is 2.36. The number of ether oxygens (including phenoxy) is 1. The number of hydrogen-bond acceptors (Lipinski definition) is 7. The Morgan fingerprint density at radius 3 is 2.87 bits per heavy atom. The van der Waals surface area contributed by atoms with Crippen molar-refractivity contribution in [1.29, 1.82) is 5.26 Å². The van der Waals surface area contributed by atoms with Crippen LogP contribution in [0.25, 0.3) is 0 Å². The van der Waals surface area contributed by atoms with Gasteiger partial charge in [0.2, 0.25) is 17.1 Å². The lowest BCUT2D eigenvalue weighted by molar-refractivity contribution is 0.231. The Bertz CT molecular complexity index is 917. The predicted molar refractivity (Wildman–Crippen MR) is 78.1 cm³/mol. The standard InChI is InChI=1S/C15H14N4O4/c1-7-10(5-19(2)18-7)12-9(4-16)15(17)23-13-11(21)3-8(6-20)22-14(12)13/h3,5,12,20H,6,17H2,1-2H3/t12-/m0/s1. The second-order valence-corrected chi connectivity index (χ2v) is 5.20. The van der Waals surface area contributed by atoms with Crippen molar-refractivity contribution >= 4 is 0 Å². The van der Waals surface area contributed by atoms with Crippen molar-refractivity contribution in [2.24, 2.45) is 12.8 Å². The summed E-state index contributed by atoms with van der Waals surface area (Å²) in [6.45, 7) is 1.34. The molecule has 0 bridgehead atoms. The van der Waals surface area contributed by atoms with Crippen LogP contribution in [-0.4, -0.2) is 14.9 Å². The molecule has 8 heteroatoms. The third-order valence-corrected chi connectivity index (χ3v) is 3.65. The van der Waals surface area contributed by atoms with Crippen molar-refractivity contribution in [1.82, 2.24) is 9.78 Å². The maximum absolute atomic E-state index is 12.2. The van der Waals surface area contributed by atoms with E-state index in [9.17, 15) is 15.2 Å². The number of hydrogen-bond donors (Lipinski definition) is 2. The molecule has 3 N–H and O–H groups in total. The van der Waals surface area contributed by atoms with E-state index in [2.05, 4.69) is 5.10 Å². The number of aryl methyl sites for hydroxylation is 2. The summed E-state index contributed by atoms with van der Waals surface area (Å²) in [6.07, 6.45) is 1.73. The van der Waals surface area contributed by atoms with Crippen LogP contribution in [0.15, 0.2) is 32.9 Å². The van der Waals surface area contributed by atoms with Crippen LogP contribution in [-0.2, 0) is 13.7 Å². The summed E-state index contributed by atoms with van der Waals surface area (Å²) in [5.74, 6) is -0.703. The van der Waals surface area contributed by atoms with E-state index in [4.69, 9.17) is 14.9 Å². The van der Waals surface area contributed by atoms with E-state index in [0.29, 0.717) is 11.3 Å². The number of nitriles is 1. The maximum Gasteiger partial charge on any atom is 0.228 e. The fourth-order valence-electron chi connectivity index (χ4n) is 2.67. The molecule has 0 saturated heterocycles. The molecule has 0 fully saturated rings. The first-order chi connectivity index (χ1) is 11.0. The summed E-state index contributed by atoms with van der Waals surface area (Å²) in [5, 5.41) is 23.0. The van der Waals surface area contributed by atoms with Gasteiger partial charge in [-0.1, -0.05) is 0 Å². The fourth-order valence-corrected chi connectivity index (χ4v) is 2.67. The molecule has 3 heterocycles. The number of aliphatic hydroxyl groups is 1. The molecule has 0 amide bonds. The number of aromatic nitrogens is 2. The van der Waals surface area contributed by atoms with Gasteiger partial charge in [-0.2, -0.15) is 10.4 Å². The highest BCUT2D eigenvalue weighted by Crippen LogP contribution is 2.41. The normalized spacial score (nSPS) is 16.7. The lowest BCUT2D eigenvalue weighted by atomic mass is 9.88. The van der Waals surface area contributed by atoms with Gasteiger partial charge in [-0.15, -0.1) is 0 Å². The Hall–Kier alpha value is -3.05.